The summed E-state index contributed by atoms with van der Waals surface area (Å²) in [6, 6.07) is 3.76. The minimum Gasteiger partial charge on any atom is -0.467 e. The molecule has 11 heteroatoms. The SMILES string of the molecule is Cc1c(Cl)cnc(NC(=O)CSc2nnc(N3CCCC3)n2Cc2ccco2)c1Cl. The molecule has 8 nitrogen and oxygen atoms in total. The first kappa shape index (κ1) is 21.0. The average molecular weight is 467 g/mol. The summed E-state index contributed by atoms with van der Waals surface area (Å²) < 4.78 is 7.49. The van der Waals surface area contributed by atoms with Gasteiger partial charge in [0.15, 0.2) is 11.0 Å². The number of nitrogens with one attached hydrogen (secondary N) is 1. The van der Waals surface area contributed by atoms with E-state index in [2.05, 4.69) is 25.4 Å². The van der Waals surface area contributed by atoms with Crippen LogP contribution >= 0.6 is 35.0 Å². The summed E-state index contributed by atoms with van der Waals surface area (Å²) in [6.07, 6.45) is 5.37. The molecule has 4 heterocycles. The van der Waals surface area contributed by atoms with Gasteiger partial charge in [0.25, 0.3) is 0 Å². The summed E-state index contributed by atoms with van der Waals surface area (Å²) in [4.78, 5) is 18.8. The van der Waals surface area contributed by atoms with Gasteiger partial charge in [0.2, 0.25) is 11.9 Å². The second-order valence-corrected chi connectivity index (χ2v) is 8.60. The minimum atomic E-state index is -0.244. The maximum atomic E-state index is 12.5. The molecule has 0 spiro atoms. The number of carbonyl (C=O) groups is 1. The Morgan fingerprint density at radius 2 is 2.10 bits per heavy atom. The highest BCUT2D eigenvalue weighted by Gasteiger charge is 2.23. The molecular formula is C19H20Cl2N6O2S. The van der Waals surface area contributed by atoms with Crippen molar-refractivity contribution in [3.05, 3.63) is 46.0 Å². The van der Waals surface area contributed by atoms with Gasteiger partial charge >= 0.3 is 0 Å². The first-order valence-corrected chi connectivity index (χ1v) is 11.2. The van der Waals surface area contributed by atoms with Gasteiger partial charge in [0, 0.05) is 19.3 Å². The van der Waals surface area contributed by atoms with Crippen molar-refractivity contribution < 1.29 is 9.21 Å². The quantitative estimate of drug-likeness (QED) is 0.520. The van der Waals surface area contributed by atoms with Crippen LogP contribution in [0.5, 0.6) is 0 Å². The molecule has 0 saturated carbocycles. The van der Waals surface area contributed by atoms with Crippen molar-refractivity contribution in [1.29, 1.82) is 0 Å². The van der Waals surface area contributed by atoms with E-state index in [0.717, 1.165) is 37.6 Å². The first-order valence-electron chi connectivity index (χ1n) is 9.46. The lowest BCUT2D eigenvalue weighted by Gasteiger charge is -2.17. The maximum absolute atomic E-state index is 12.5. The van der Waals surface area contributed by atoms with Gasteiger partial charge < -0.3 is 14.6 Å². The zero-order valence-corrected chi connectivity index (χ0v) is 18.6. The number of thioether (sulfide) groups is 1. The fraction of sp³-hybridized carbons (Fsp3) is 0.368. The van der Waals surface area contributed by atoms with Gasteiger partial charge in [0.1, 0.15) is 5.76 Å². The summed E-state index contributed by atoms with van der Waals surface area (Å²) in [7, 11) is 0. The number of rotatable bonds is 7. The number of pyridine rings is 1. The normalized spacial score (nSPS) is 13.8. The van der Waals surface area contributed by atoms with Crippen molar-refractivity contribution in [3.63, 3.8) is 0 Å². The molecule has 0 bridgehead atoms. The molecule has 158 valence electrons. The molecule has 3 aromatic heterocycles. The molecule has 4 rings (SSSR count). The second kappa shape index (κ2) is 9.28. The zero-order chi connectivity index (χ0) is 21.1. The Morgan fingerprint density at radius 1 is 1.30 bits per heavy atom. The van der Waals surface area contributed by atoms with E-state index in [4.69, 9.17) is 27.6 Å². The first-order chi connectivity index (χ1) is 14.5. The number of hydrogen-bond acceptors (Lipinski definition) is 7. The Hall–Kier alpha value is -2.23. The van der Waals surface area contributed by atoms with Crippen LogP contribution in [0.15, 0.2) is 34.2 Å². The summed E-state index contributed by atoms with van der Waals surface area (Å²) in [5, 5.41) is 12.8. The molecule has 1 amide bonds. The van der Waals surface area contributed by atoms with Gasteiger partial charge in [-0.3, -0.25) is 9.36 Å². The highest BCUT2D eigenvalue weighted by atomic mass is 35.5. The Labute approximate surface area is 188 Å². The zero-order valence-electron chi connectivity index (χ0n) is 16.3. The number of halogens is 2. The Bertz CT molecular complexity index is 1030. The van der Waals surface area contributed by atoms with Crippen LogP contribution in [-0.4, -0.2) is 44.5 Å². The van der Waals surface area contributed by atoms with E-state index in [0.29, 0.717) is 33.1 Å². The second-order valence-electron chi connectivity index (χ2n) is 6.87. The smallest absolute Gasteiger partial charge is 0.236 e. The van der Waals surface area contributed by atoms with Gasteiger partial charge in [-0.2, -0.15) is 0 Å². The Kier molecular flexibility index (Phi) is 6.50. The molecule has 1 N–H and O–H groups in total. The molecule has 0 aliphatic carbocycles. The standard InChI is InChI=1S/C19H20Cl2N6O2S/c1-12-14(20)9-22-17(16(12)21)23-15(28)11-30-19-25-24-18(26-6-2-3-7-26)27(19)10-13-5-4-8-29-13/h4-5,8-9H,2-3,6-7,10-11H2,1H3,(H,22,23,28). The predicted octanol–water partition coefficient (Wildman–Crippen LogP) is 4.26. The van der Waals surface area contributed by atoms with Crippen LogP contribution in [0.2, 0.25) is 10.0 Å². The average Bonchev–Trinajstić information content (AvgIpc) is 3.49. The van der Waals surface area contributed by atoms with E-state index in [9.17, 15) is 4.79 Å². The highest BCUT2D eigenvalue weighted by Crippen LogP contribution is 2.29. The summed E-state index contributed by atoms with van der Waals surface area (Å²) in [6.45, 7) is 4.16. The van der Waals surface area contributed by atoms with Crippen molar-refractivity contribution >= 4 is 52.6 Å². The number of hydrogen-bond donors (Lipinski definition) is 1. The summed E-state index contributed by atoms with van der Waals surface area (Å²) in [5.41, 5.74) is 0.671. The van der Waals surface area contributed by atoms with Crippen molar-refractivity contribution in [2.45, 2.75) is 31.5 Å². The lowest BCUT2D eigenvalue weighted by molar-refractivity contribution is -0.113. The third-order valence-corrected chi connectivity index (χ3v) is 6.58. The molecule has 1 aliphatic rings. The van der Waals surface area contributed by atoms with Gasteiger partial charge in [-0.05, 0) is 37.5 Å². The number of aromatic nitrogens is 4. The van der Waals surface area contributed by atoms with Gasteiger partial charge in [-0.25, -0.2) is 4.98 Å². The molecule has 1 saturated heterocycles. The molecular weight excluding hydrogens is 447 g/mol. The van der Waals surface area contributed by atoms with Crippen LogP contribution in [0, 0.1) is 6.92 Å². The molecule has 3 aromatic rings. The summed E-state index contributed by atoms with van der Waals surface area (Å²) >= 11 is 13.5. The highest BCUT2D eigenvalue weighted by molar-refractivity contribution is 7.99. The molecule has 0 unspecified atom stereocenters. The van der Waals surface area contributed by atoms with Crippen LogP contribution < -0.4 is 10.2 Å². The topological polar surface area (TPSA) is 89.1 Å². The van der Waals surface area contributed by atoms with E-state index in [1.54, 1.807) is 13.2 Å². The van der Waals surface area contributed by atoms with E-state index < -0.39 is 0 Å². The lowest BCUT2D eigenvalue weighted by Crippen LogP contribution is -2.23. The predicted molar refractivity (Wildman–Crippen MR) is 118 cm³/mol. The van der Waals surface area contributed by atoms with Crippen molar-refractivity contribution in [3.8, 4) is 0 Å². The van der Waals surface area contributed by atoms with E-state index in [-0.39, 0.29) is 11.7 Å². The van der Waals surface area contributed by atoms with Crippen LogP contribution in [0.1, 0.15) is 24.2 Å². The van der Waals surface area contributed by atoms with Gasteiger partial charge in [-0.1, -0.05) is 35.0 Å². The molecule has 30 heavy (non-hydrogen) atoms. The van der Waals surface area contributed by atoms with Crippen LogP contribution in [0.4, 0.5) is 11.8 Å². The van der Waals surface area contributed by atoms with Gasteiger partial charge in [0.05, 0.1) is 28.6 Å². The summed E-state index contributed by atoms with van der Waals surface area (Å²) in [5.74, 6) is 1.78. The molecule has 0 aromatic carbocycles. The molecule has 1 aliphatic heterocycles. The van der Waals surface area contributed by atoms with E-state index in [1.807, 2.05) is 16.7 Å². The van der Waals surface area contributed by atoms with E-state index >= 15 is 0 Å². The lowest BCUT2D eigenvalue weighted by atomic mass is 10.3. The minimum absolute atomic E-state index is 0.135. The number of amides is 1. The molecule has 1 fully saturated rings. The number of anilines is 2. The number of carbonyl (C=O) groups excluding carboxylic acids is 1. The van der Waals surface area contributed by atoms with Crippen LogP contribution in [0.3, 0.4) is 0 Å². The van der Waals surface area contributed by atoms with Gasteiger partial charge in [-0.15, -0.1) is 10.2 Å². The molecule has 0 atom stereocenters. The Balaban J connectivity index is 1.47. The van der Waals surface area contributed by atoms with Crippen LogP contribution in [-0.2, 0) is 11.3 Å². The van der Waals surface area contributed by atoms with E-state index in [1.165, 1.54) is 18.0 Å². The monoisotopic (exact) mass is 466 g/mol. The fourth-order valence-electron chi connectivity index (χ4n) is 3.18. The van der Waals surface area contributed by atoms with Crippen molar-refractivity contribution in [1.82, 2.24) is 19.7 Å². The third kappa shape index (κ3) is 4.58. The Morgan fingerprint density at radius 3 is 2.83 bits per heavy atom. The number of furan rings is 1. The molecule has 0 radical (unpaired) electrons. The third-order valence-electron chi connectivity index (χ3n) is 4.77. The largest absolute Gasteiger partial charge is 0.467 e. The maximum Gasteiger partial charge on any atom is 0.236 e. The number of nitrogens with zero attached hydrogens (tertiary/aromatic N) is 5. The van der Waals surface area contributed by atoms with Crippen molar-refractivity contribution in [2.24, 2.45) is 0 Å². The van der Waals surface area contributed by atoms with Crippen LogP contribution in [0.25, 0.3) is 0 Å². The van der Waals surface area contributed by atoms with Crippen molar-refractivity contribution in [2.75, 3.05) is 29.1 Å². The fourth-order valence-corrected chi connectivity index (χ4v) is 4.30.